The number of anilines is 2. The quantitative estimate of drug-likeness (QED) is 0.618. The van der Waals surface area contributed by atoms with Gasteiger partial charge < -0.3 is 16.2 Å². The molecule has 0 bridgehead atoms. The summed E-state index contributed by atoms with van der Waals surface area (Å²) in [6.45, 7) is 1.58. The Morgan fingerprint density at radius 3 is 3.08 bits per heavy atom. The minimum atomic E-state index is -0.588. The highest BCUT2D eigenvalue weighted by atomic mass is 19.1. The van der Waals surface area contributed by atoms with Crippen LogP contribution in [-0.4, -0.2) is 27.7 Å². The molecule has 0 aromatic carbocycles. The molecular weight excluding hydrogens is 175 g/mol. The maximum Gasteiger partial charge on any atom is 0.222 e. The molecule has 0 aliphatic rings. The van der Waals surface area contributed by atoms with Gasteiger partial charge in [-0.2, -0.15) is 4.98 Å². The summed E-state index contributed by atoms with van der Waals surface area (Å²) < 4.78 is 12.9. The average Bonchev–Trinajstić information content (AvgIpc) is 2.11. The SMILES string of the molecule is CC(CO)Nc1nc(N)ncc1F. The predicted molar refractivity (Wildman–Crippen MR) is 46.6 cm³/mol. The Morgan fingerprint density at radius 2 is 2.46 bits per heavy atom. The van der Waals surface area contributed by atoms with Crippen LogP contribution in [0.25, 0.3) is 0 Å². The fourth-order valence-electron chi connectivity index (χ4n) is 0.761. The summed E-state index contributed by atoms with van der Waals surface area (Å²) in [7, 11) is 0. The van der Waals surface area contributed by atoms with Gasteiger partial charge in [0, 0.05) is 6.04 Å². The summed E-state index contributed by atoms with van der Waals surface area (Å²) in [6, 6.07) is -0.274. The smallest absolute Gasteiger partial charge is 0.222 e. The van der Waals surface area contributed by atoms with Crippen LogP contribution in [0, 0.1) is 5.82 Å². The van der Waals surface area contributed by atoms with Crippen LogP contribution in [0.2, 0.25) is 0 Å². The van der Waals surface area contributed by atoms with Crippen LogP contribution in [0.5, 0.6) is 0 Å². The molecule has 1 unspecified atom stereocenters. The van der Waals surface area contributed by atoms with Gasteiger partial charge in [-0.25, -0.2) is 9.37 Å². The van der Waals surface area contributed by atoms with Crippen molar-refractivity contribution in [3.63, 3.8) is 0 Å². The predicted octanol–water partition coefficient (Wildman–Crippen LogP) is -0.00940. The van der Waals surface area contributed by atoms with E-state index in [2.05, 4.69) is 15.3 Å². The minimum Gasteiger partial charge on any atom is -0.394 e. The van der Waals surface area contributed by atoms with Crippen molar-refractivity contribution in [1.29, 1.82) is 0 Å². The first-order chi connectivity index (χ1) is 6.13. The monoisotopic (exact) mass is 186 g/mol. The normalized spacial score (nSPS) is 12.5. The van der Waals surface area contributed by atoms with Crippen molar-refractivity contribution in [3.05, 3.63) is 12.0 Å². The molecule has 0 saturated heterocycles. The van der Waals surface area contributed by atoms with Crippen LogP contribution in [0.4, 0.5) is 16.2 Å². The van der Waals surface area contributed by atoms with E-state index in [4.69, 9.17) is 10.8 Å². The van der Waals surface area contributed by atoms with Gasteiger partial charge in [0.25, 0.3) is 0 Å². The summed E-state index contributed by atoms with van der Waals surface area (Å²) in [4.78, 5) is 7.09. The van der Waals surface area contributed by atoms with Crippen LogP contribution in [0.1, 0.15) is 6.92 Å². The van der Waals surface area contributed by atoms with Gasteiger partial charge in [0.05, 0.1) is 12.8 Å². The number of nitrogens with one attached hydrogen (secondary N) is 1. The number of hydrogen-bond donors (Lipinski definition) is 3. The third-order valence-corrected chi connectivity index (χ3v) is 1.42. The van der Waals surface area contributed by atoms with Gasteiger partial charge >= 0.3 is 0 Å². The highest BCUT2D eigenvalue weighted by Crippen LogP contribution is 2.10. The van der Waals surface area contributed by atoms with Crippen LogP contribution in [0.3, 0.4) is 0 Å². The van der Waals surface area contributed by atoms with E-state index < -0.39 is 5.82 Å². The second-order valence-corrected chi connectivity index (χ2v) is 2.65. The molecule has 0 fully saturated rings. The molecule has 13 heavy (non-hydrogen) atoms. The molecule has 0 aliphatic carbocycles. The summed E-state index contributed by atoms with van der Waals surface area (Å²) in [6.07, 6.45) is 0.981. The average molecular weight is 186 g/mol. The summed E-state index contributed by atoms with van der Waals surface area (Å²) in [5, 5.41) is 11.3. The van der Waals surface area contributed by atoms with Crippen molar-refractivity contribution in [1.82, 2.24) is 9.97 Å². The molecule has 1 aromatic rings. The van der Waals surface area contributed by atoms with Gasteiger partial charge in [-0.3, -0.25) is 0 Å². The van der Waals surface area contributed by atoms with Crippen molar-refractivity contribution in [2.45, 2.75) is 13.0 Å². The molecular formula is C7H11FN4O. The zero-order valence-electron chi connectivity index (χ0n) is 7.16. The van der Waals surface area contributed by atoms with Gasteiger partial charge in [0.1, 0.15) is 0 Å². The first-order valence-electron chi connectivity index (χ1n) is 3.79. The van der Waals surface area contributed by atoms with Crippen LogP contribution < -0.4 is 11.1 Å². The fourth-order valence-corrected chi connectivity index (χ4v) is 0.761. The lowest BCUT2D eigenvalue weighted by molar-refractivity contribution is 0.281. The second-order valence-electron chi connectivity index (χ2n) is 2.65. The number of aliphatic hydroxyl groups is 1. The number of aromatic nitrogens is 2. The molecule has 4 N–H and O–H groups in total. The largest absolute Gasteiger partial charge is 0.394 e. The lowest BCUT2D eigenvalue weighted by Crippen LogP contribution is -2.21. The molecule has 0 spiro atoms. The lowest BCUT2D eigenvalue weighted by atomic mass is 10.3. The van der Waals surface area contributed by atoms with E-state index in [1.165, 1.54) is 0 Å². The Hall–Kier alpha value is -1.43. The molecule has 1 rings (SSSR count). The fraction of sp³-hybridized carbons (Fsp3) is 0.429. The highest BCUT2D eigenvalue weighted by molar-refractivity contribution is 5.39. The lowest BCUT2D eigenvalue weighted by Gasteiger charge is -2.11. The third kappa shape index (κ3) is 2.51. The number of nitrogen functional groups attached to an aromatic ring is 1. The van der Waals surface area contributed by atoms with Gasteiger partial charge in [0.15, 0.2) is 11.6 Å². The standard InChI is InChI=1S/C7H11FN4O/c1-4(3-13)11-6-5(8)2-10-7(9)12-6/h2,4,13H,3H2,1H3,(H3,9,10,11,12). The molecule has 72 valence electrons. The van der Waals surface area contributed by atoms with E-state index in [9.17, 15) is 4.39 Å². The summed E-state index contributed by atoms with van der Waals surface area (Å²) >= 11 is 0. The van der Waals surface area contributed by atoms with E-state index in [0.717, 1.165) is 6.20 Å². The van der Waals surface area contributed by atoms with Gasteiger partial charge in [-0.15, -0.1) is 0 Å². The zero-order chi connectivity index (χ0) is 9.84. The molecule has 1 heterocycles. The van der Waals surface area contributed by atoms with Crippen LogP contribution in [0.15, 0.2) is 6.20 Å². The Balaban J connectivity index is 2.81. The van der Waals surface area contributed by atoms with Crippen molar-refractivity contribution in [2.24, 2.45) is 0 Å². The van der Waals surface area contributed by atoms with Crippen molar-refractivity contribution < 1.29 is 9.50 Å². The molecule has 1 atom stereocenters. The van der Waals surface area contributed by atoms with Crippen molar-refractivity contribution >= 4 is 11.8 Å². The number of rotatable bonds is 3. The van der Waals surface area contributed by atoms with Crippen molar-refractivity contribution in [2.75, 3.05) is 17.7 Å². The first kappa shape index (κ1) is 9.66. The molecule has 0 aliphatic heterocycles. The summed E-state index contributed by atoms with van der Waals surface area (Å²) in [5.41, 5.74) is 5.25. The Kier molecular flexibility index (Phi) is 2.97. The second kappa shape index (κ2) is 3.99. The van der Waals surface area contributed by atoms with Gasteiger partial charge in [0.2, 0.25) is 5.95 Å². The van der Waals surface area contributed by atoms with E-state index in [0.29, 0.717) is 0 Å². The maximum atomic E-state index is 12.9. The van der Waals surface area contributed by atoms with Gasteiger partial charge in [-0.1, -0.05) is 0 Å². The van der Waals surface area contributed by atoms with E-state index in [1.54, 1.807) is 6.92 Å². The maximum absolute atomic E-state index is 12.9. The third-order valence-electron chi connectivity index (χ3n) is 1.42. The van der Waals surface area contributed by atoms with Crippen molar-refractivity contribution in [3.8, 4) is 0 Å². The Bertz CT molecular complexity index is 294. The molecule has 0 amide bonds. The number of nitrogens with two attached hydrogens (primary N) is 1. The van der Waals surface area contributed by atoms with Crippen LogP contribution in [-0.2, 0) is 0 Å². The Morgan fingerprint density at radius 1 is 1.77 bits per heavy atom. The molecule has 1 aromatic heterocycles. The molecule has 0 radical (unpaired) electrons. The zero-order valence-corrected chi connectivity index (χ0v) is 7.16. The van der Waals surface area contributed by atoms with E-state index in [1.807, 2.05) is 0 Å². The Labute approximate surface area is 74.8 Å². The number of aliphatic hydroxyl groups excluding tert-OH is 1. The van der Waals surface area contributed by atoms with Crippen LogP contribution >= 0.6 is 0 Å². The number of nitrogens with zero attached hydrogens (tertiary/aromatic N) is 2. The highest BCUT2D eigenvalue weighted by Gasteiger charge is 2.07. The molecule has 5 nitrogen and oxygen atoms in total. The molecule has 6 heteroatoms. The summed E-state index contributed by atoms with van der Waals surface area (Å²) in [5.74, 6) is -0.586. The van der Waals surface area contributed by atoms with Gasteiger partial charge in [-0.05, 0) is 6.92 Å². The van der Waals surface area contributed by atoms with E-state index >= 15 is 0 Å². The number of halogens is 1. The topological polar surface area (TPSA) is 84.1 Å². The minimum absolute atomic E-state index is 0.00552. The van der Waals surface area contributed by atoms with E-state index in [-0.39, 0.29) is 24.4 Å². The molecule has 0 saturated carbocycles. The first-order valence-corrected chi connectivity index (χ1v) is 3.79. The number of hydrogen-bond acceptors (Lipinski definition) is 5.